The van der Waals surface area contributed by atoms with E-state index >= 15 is 0 Å². The molecule has 2 amide bonds. The van der Waals surface area contributed by atoms with Gasteiger partial charge in [0.25, 0.3) is 0 Å². The molecule has 0 aromatic rings. The van der Waals surface area contributed by atoms with E-state index in [1.165, 1.54) is 0 Å². The number of aliphatic hydroxyl groups is 2. The molecule has 0 aromatic carbocycles. The van der Waals surface area contributed by atoms with Crippen LogP contribution >= 0.6 is 0 Å². The Labute approximate surface area is 120 Å². The summed E-state index contributed by atoms with van der Waals surface area (Å²) in [6.45, 7) is 5.82. The minimum atomic E-state index is -1.29. The number of aliphatic hydroxyl groups excluding tert-OH is 2. The predicted molar refractivity (Wildman–Crippen MR) is 77.0 cm³/mol. The normalized spacial score (nSPS) is 12.8. The first-order chi connectivity index (χ1) is 9.35. The highest BCUT2D eigenvalue weighted by atomic mass is 16.3. The van der Waals surface area contributed by atoms with Gasteiger partial charge in [-0.25, -0.2) is 0 Å². The minimum absolute atomic E-state index is 0.114. The summed E-state index contributed by atoms with van der Waals surface area (Å²) in [6.07, 6.45) is 2.03. The molecule has 0 rings (SSSR count). The zero-order valence-corrected chi connectivity index (χ0v) is 12.7. The van der Waals surface area contributed by atoms with Gasteiger partial charge in [-0.2, -0.15) is 0 Å². The van der Waals surface area contributed by atoms with Crippen LogP contribution in [0.15, 0.2) is 0 Å². The van der Waals surface area contributed by atoms with E-state index in [0.717, 1.165) is 19.3 Å². The Balaban J connectivity index is 3.83. The second-order valence-corrected chi connectivity index (χ2v) is 5.65. The molecule has 0 heterocycles. The number of hydrogen-bond donors (Lipinski definition) is 4. The number of carbonyl (C=O) groups is 2. The lowest BCUT2D eigenvalue weighted by atomic mass is 9.87. The molecule has 6 heteroatoms. The molecule has 0 saturated heterocycles. The van der Waals surface area contributed by atoms with Crippen molar-refractivity contribution < 1.29 is 19.8 Å². The van der Waals surface area contributed by atoms with Gasteiger partial charge in [-0.1, -0.05) is 33.6 Å². The highest BCUT2D eigenvalue weighted by Gasteiger charge is 2.32. The summed E-state index contributed by atoms with van der Waals surface area (Å²) in [7, 11) is 0. The Hall–Kier alpha value is -1.14. The van der Waals surface area contributed by atoms with Crippen LogP contribution in [0.3, 0.4) is 0 Å². The zero-order chi connectivity index (χ0) is 15.6. The van der Waals surface area contributed by atoms with Gasteiger partial charge in [-0.3, -0.25) is 9.59 Å². The molecule has 0 spiro atoms. The molecule has 118 valence electrons. The third-order valence-corrected chi connectivity index (χ3v) is 3.15. The van der Waals surface area contributed by atoms with Crippen LogP contribution in [0.2, 0.25) is 0 Å². The van der Waals surface area contributed by atoms with Crippen LogP contribution in [0, 0.1) is 5.41 Å². The summed E-state index contributed by atoms with van der Waals surface area (Å²) in [4.78, 5) is 23.1. The van der Waals surface area contributed by atoms with E-state index in [-0.39, 0.29) is 25.5 Å². The van der Waals surface area contributed by atoms with E-state index in [4.69, 9.17) is 5.11 Å². The number of carbonyl (C=O) groups excluding carboxylic acids is 2. The predicted octanol–water partition coefficient (Wildman–Crippen LogP) is 0.179. The van der Waals surface area contributed by atoms with Gasteiger partial charge >= 0.3 is 0 Å². The number of hydrogen-bond acceptors (Lipinski definition) is 4. The van der Waals surface area contributed by atoms with Crippen molar-refractivity contribution in [1.29, 1.82) is 0 Å². The molecule has 0 aliphatic heterocycles. The highest BCUT2D eigenvalue weighted by molar-refractivity contribution is 5.82. The fraction of sp³-hybridized carbons (Fsp3) is 0.857. The van der Waals surface area contributed by atoms with Crippen molar-refractivity contribution in [1.82, 2.24) is 10.6 Å². The zero-order valence-electron chi connectivity index (χ0n) is 12.7. The topological polar surface area (TPSA) is 98.7 Å². The van der Waals surface area contributed by atoms with Gasteiger partial charge in [0.15, 0.2) is 0 Å². The van der Waals surface area contributed by atoms with Crippen LogP contribution < -0.4 is 10.6 Å². The summed E-state index contributed by atoms with van der Waals surface area (Å²) in [5.41, 5.74) is -0.896. The molecule has 0 radical (unpaired) electrons. The van der Waals surface area contributed by atoms with Crippen molar-refractivity contribution in [2.24, 2.45) is 5.41 Å². The van der Waals surface area contributed by atoms with Gasteiger partial charge in [0, 0.05) is 24.9 Å². The van der Waals surface area contributed by atoms with Crippen molar-refractivity contribution in [3.8, 4) is 0 Å². The molecule has 0 aliphatic carbocycles. The quantitative estimate of drug-likeness (QED) is 0.431. The minimum Gasteiger partial charge on any atom is -0.396 e. The van der Waals surface area contributed by atoms with Crippen molar-refractivity contribution in [3.63, 3.8) is 0 Å². The van der Waals surface area contributed by atoms with Gasteiger partial charge in [0.2, 0.25) is 11.8 Å². The second kappa shape index (κ2) is 9.72. The summed E-state index contributed by atoms with van der Waals surface area (Å²) in [5, 5.41) is 24.1. The van der Waals surface area contributed by atoms with Crippen LogP contribution in [-0.2, 0) is 9.59 Å². The molecule has 1 unspecified atom stereocenters. The number of unbranched alkanes of at least 4 members (excludes halogenated alkanes) is 2. The van der Waals surface area contributed by atoms with E-state index in [9.17, 15) is 14.7 Å². The maximum absolute atomic E-state index is 11.6. The van der Waals surface area contributed by atoms with Crippen LogP contribution in [0.25, 0.3) is 0 Å². The van der Waals surface area contributed by atoms with Crippen LogP contribution in [0.1, 0.15) is 46.5 Å². The molecular weight excluding hydrogens is 260 g/mol. The van der Waals surface area contributed by atoms with E-state index in [0.29, 0.717) is 6.54 Å². The Morgan fingerprint density at radius 2 is 1.80 bits per heavy atom. The number of amides is 2. The highest BCUT2D eigenvalue weighted by Crippen LogP contribution is 2.19. The van der Waals surface area contributed by atoms with Gasteiger partial charge in [-0.05, 0) is 6.42 Å². The van der Waals surface area contributed by atoms with Crippen molar-refractivity contribution in [3.05, 3.63) is 0 Å². The number of rotatable bonds is 10. The first kappa shape index (κ1) is 18.9. The van der Waals surface area contributed by atoms with Gasteiger partial charge in [0.1, 0.15) is 6.10 Å². The van der Waals surface area contributed by atoms with Crippen LogP contribution in [0.5, 0.6) is 0 Å². The van der Waals surface area contributed by atoms with Crippen molar-refractivity contribution in [2.45, 2.75) is 52.6 Å². The van der Waals surface area contributed by atoms with E-state index in [1.54, 1.807) is 13.8 Å². The van der Waals surface area contributed by atoms with Crippen LogP contribution in [-0.4, -0.2) is 47.8 Å². The monoisotopic (exact) mass is 288 g/mol. The smallest absolute Gasteiger partial charge is 0.249 e. The Morgan fingerprint density at radius 1 is 1.15 bits per heavy atom. The van der Waals surface area contributed by atoms with Gasteiger partial charge in [-0.15, -0.1) is 0 Å². The Bertz CT molecular complexity index is 306. The summed E-state index contributed by atoms with van der Waals surface area (Å²) >= 11 is 0. The number of nitrogens with one attached hydrogen (secondary N) is 2. The first-order valence-corrected chi connectivity index (χ1v) is 7.18. The lowest BCUT2D eigenvalue weighted by Crippen LogP contribution is -2.46. The third kappa shape index (κ3) is 7.45. The lowest BCUT2D eigenvalue weighted by Gasteiger charge is -2.27. The lowest BCUT2D eigenvalue weighted by molar-refractivity contribution is -0.137. The van der Waals surface area contributed by atoms with Crippen molar-refractivity contribution in [2.75, 3.05) is 19.7 Å². The molecule has 0 aliphatic rings. The van der Waals surface area contributed by atoms with Gasteiger partial charge < -0.3 is 20.8 Å². The Kier molecular flexibility index (Phi) is 9.16. The summed E-state index contributed by atoms with van der Waals surface area (Å²) < 4.78 is 0. The molecule has 6 nitrogen and oxygen atoms in total. The van der Waals surface area contributed by atoms with Crippen molar-refractivity contribution >= 4 is 11.8 Å². The average Bonchev–Trinajstić information content (AvgIpc) is 2.42. The fourth-order valence-electron chi connectivity index (χ4n) is 1.53. The molecule has 20 heavy (non-hydrogen) atoms. The summed E-state index contributed by atoms with van der Waals surface area (Å²) in [6, 6.07) is 0. The third-order valence-electron chi connectivity index (χ3n) is 3.15. The first-order valence-electron chi connectivity index (χ1n) is 7.18. The van der Waals surface area contributed by atoms with E-state index < -0.39 is 17.4 Å². The average molecular weight is 288 g/mol. The van der Waals surface area contributed by atoms with Gasteiger partial charge in [0.05, 0.1) is 6.61 Å². The molecule has 4 N–H and O–H groups in total. The molecule has 0 fully saturated rings. The molecule has 0 bridgehead atoms. The molecule has 1 atom stereocenters. The fourth-order valence-corrected chi connectivity index (χ4v) is 1.53. The van der Waals surface area contributed by atoms with E-state index in [2.05, 4.69) is 17.6 Å². The van der Waals surface area contributed by atoms with E-state index in [1.807, 2.05) is 0 Å². The van der Waals surface area contributed by atoms with Crippen LogP contribution in [0.4, 0.5) is 0 Å². The maximum atomic E-state index is 11.6. The molecular formula is C14H28N2O4. The maximum Gasteiger partial charge on any atom is 0.249 e. The molecule has 0 saturated carbocycles. The standard InChI is InChI=1S/C14H28N2O4/c1-4-5-6-8-15-11(18)7-9-16-13(20)12(19)14(2,3)10-17/h12,17,19H,4-10H2,1-3H3,(H,15,18)(H,16,20). The SMILES string of the molecule is CCCCCNC(=O)CCNC(=O)C(O)C(C)(C)CO. The summed E-state index contributed by atoms with van der Waals surface area (Å²) in [5.74, 6) is -0.680. The molecule has 0 aromatic heterocycles. The Morgan fingerprint density at radius 3 is 2.35 bits per heavy atom. The second-order valence-electron chi connectivity index (χ2n) is 5.65. The largest absolute Gasteiger partial charge is 0.396 e.